The summed E-state index contributed by atoms with van der Waals surface area (Å²) in [5.41, 5.74) is 1.56. The van der Waals surface area contributed by atoms with Crippen molar-refractivity contribution in [3.05, 3.63) is 82.3 Å². The van der Waals surface area contributed by atoms with Gasteiger partial charge in [-0.25, -0.2) is 16.8 Å². The van der Waals surface area contributed by atoms with Gasteiger partial charge in [0, 0.05) is 5.69 Å². The molecular formula is C21H20Cl2N2O4S2. The Bertz CT molecular complexity index is 1280. The summed E-state index contributed by atoms with van der Waals surface area (Å²) in [5, 5.41) is 0.524. The third-order valence-corrected chi connectivity index (χ3v) is 7.89. The number of hydrogen-bond donors (Lipinski definition) is 2. The van der Waals surface area contributed by atoms with Gasteiger partial charge in [-0.3, -0.25) is 9.44 Å². The molecular weight excluding hydrogens is 479 g/mol. The van der Waals surface area contributed by atoms with Crippen LogP contribution in [0.5, 0.6) is 0 Å². The molecule has 3 rings (SSSR count). The Kier molecular flexibility index (Phi) is 7.16. The number of halogens is 2. The molecule has 0 aliphatic carbocycles. The van der Waals surface area contributed by atoms with Crippen molar-refractivity contribution < 1.29 is 16.8 Å². The second-order valence-electron chi connectivity index (χ2n) is 6.76. The first-order valence-corrected chi connectivity index (χ1v) is 13.0. The molecule has 0 heterocycles. The van der Waals surface area contributed by atoms with E-state index in [4.69, 9.17) is 23.2 Å². The predicted molar refractivity (Wildman–Crippen MR) is 125 cm³/mol. The summed E-state index contributed by atoms with van der Waals surface area (Å²) in [5.74, 6) is 0. The minimum atomic E-state index is -3.89. The summed E-state index contributed by atoms with van der Waals surface area (Å²) >= 11 is 11.8. The van der Waals surface area contributed by atoms with Gasteiger partial charge >= 0.3 is 0 Å². The fraction of sp³-hybridized carbons (Fsp3) is 0.143. The van der Waals surface area contributed by atoms with E-state index in [2.05, 4.69) is 16.4 Å². The second-order valence-corrected chi connectivity index (χ2v) is 10.9. The molecule has 164 valence electrons. The van der Waals surface area contributed by atoms with Crippen LogP contribution in [0.2, 0.25) is 10.0 Å². The molecule has 10 heteroatoms. The number of sulfonamides is 2. The lowest BCUT2D eigenvalue weighted by Crippen LogP contribution is -2.14. The lowest BCUT2D eigenvalue weighted by molar-refractivity contribution is 0.600. The first-order chi connectivity index (χ1) is 14.6. The number of hydrogen-bond acceptors (Lipinski definition) is 4. The molecule has 0 amide bonds. The van der Waals surface area contributed by atoms with Crippen molar-refractivity contribution in [2.75, 3.05) is 9.44 Å². The zero-order valence-electron chi connectivity index (χ0n) is 16.5. The van der Waals surface area contributed by atoms with Crippen LogP contribution >= 0.6 is 23.2 Å². The highest BCUT2D eigenvalue weighted by Gasteiger charge is 2.17. The van der Waals surface area contributed by atoms with Gasteiger partial charge in [0.25, 0.3) is 20.0 Å². The topological polar surface area (TPSA) is 92.3 Å². The second kappa shape index (κ2) is 9.48. The van der Waals surface area contributed by atoms with Gasteiger partial charge in [-0.1, -0.05) is 48.7 Å². The molecule has 2 N–H and O–H groups in total. The van der Waals surface area contributed by atoms with Crippen LogP contribution in [0.1, 0.15) is 18.9 Å². The Labute approximate surface area is 192 Å². The molecule has 0 unspecified atom stereocenters. The average Bonchev–Trinajstić information content (AvgIpc) is 2.71. The standard InChI is InChI=1S/C21H20Cl2N2O4S2/c1-2-3-15-4-9-18(10-5-15)30(26,27)24-16-6-11-19(12-7-16)31(28,29)25-17-8-13-20(22)21(23)14-17/h4-14,24-25H,2-3H2,1H3. The molecule has 6 nitrogen and oxygen atoms in total. The molecule has 3 aromatic rings. The molecule has 0 aliphatic rings. The lowest BCUT2D eigenvalue weighted by atomic mass is 10.1. The third-order valence-electron chi connectivity index (χ3n) is 4.36. The number of benzene rings is 3. The highest BCUT2D eigenvalue weighted by atomic mass is 35.5. The molecule has 0 aliphatic heterocycles. The Balaban J connectivity index is 1.74. The van der Waals surface area contributed by atoms with E-state index in [9.17, 15) is 16.8 Å². The van der Waals surface area contributed by atoms with Gasteiger partial charge in [-0.15, -0.1) is 0 Å². The monoisotopic (exact) mass is 498 g/mol. The van der Waals surface area contributed by atoms with Crippen molar-refractivity contribution in [3.63, 3.8) is 0 Å². The molecule has 0 aromatic heterocycles. The molecule has 0 spiro atoms. The quantitative estimate of drug-likeness (QED) is 0.425. The summed E-state index contributed by atoms with van der Waals surface area (Å²) in [4.78, 5) is 0.0933. The number of nitrogens with one attached hydrogen (secondary N) is 2. The van der Waals surface area contributed by atoms with Crippen molar-refractivity contribution in [1.82, 2.24) is 0 Å². The van der Waals surface area contributed by atoms with Crippen molar-refractivity contribution in [2.24, 2.45) is 0 Å². The van der Waals surface area contributed by atoms with Crippen molar-refractivity contribution >= 4 is 54.6 Å². The minimum Gasteiger partial charge on any atom is -0.280 e. The van der Waals surface area contributed by atoms with Crippen LogP contribution in [0, 0.1) is 0 Å². The van der Waals surface area contributed by atoms with Gasteiger partial charge in [0.2, 0.25) is 0 Å². The van der Waals surface area contributed by atoms with Crippen LogP contribution in [0.4, 0.5) is 11.4 Å². The lowest BCUT2D eigenvalue weighted by Gasteiger charge is -2.11. The molecule has 0 radical (unpaired) electrons. The maximum Gasteiger partial charge on any atom is 0.261 e. The summed E-state index contributed by atoms with van der Waals surface area (Å²) in [7, 11) is -7.69. The minimum absolute atomic E-state index is 0.0366. The average molecular weight is 499 g/mol. The van der Waals surface area contributed by atoms with Gasteiger partial charge in [0.05, 0.1) is 25.5 Å². The SMILES string of the molecule is CCCc1ccc(S(=O)(=O)Nc2ccc(S(=O)(=O)Nc3ccc(Cl)c(Cl)c3)cc2)cc1. The van der Waals surface area contributed by atoms with E-state index in [1.54, 1.807) is 24.3 Å². The zero-order valence-corrected chi connectivity index (χ0v) is 19.6. The van der Waals surface area contributed by atoms with Crippen molar-refractivity contribution in [2.45, 2.75) is 29.6 Å². The Morgan fingerprint density at radius 3 is 1.68 bits per heavy atom. The normalized spacial score (nSPS) is 11.8. The highest BCUT2D eigenvalue weighted by molar-refractivity contribution is 7.93. The highest BCUT2D eigenvalue weighted by Crippen LogP contribution is 2.27. The summed E-state index contributed by atoms with van der Waals surface area (Å²) < 4.78 is 55.2. The van der Waals surface area contributed by atoms with E-state index in [1.165, 1.54) is 42.5 Å². The van der Waals surface area contributed by atoms with Crippen LogP contribution in [0.15, 0.2) is 76.5 Å². The first-order valence-electron chi connectivity index (χ1n) is 9.30. The number of anilines is 2. The maximum absolute atomic E-state index is 12.6. The molecule has 0 saturated heterocycles. The van der Waals surface area contributed by atoms with Crippen LogP contribution in [-0.2, 0) is 26.5 Å². The molecule has 0 bridgehead atoms. The Morgan fingerprint density at radius 1 is 0.677 bits per heavy atom. The number of rotatable bonds is 8. The predicted octanol–water partition coefficient (Wildman–Crippen LogP) is 5.55. The fourth-order valence-electron chi connectivity index (χ4n) is 2.81. The van der Waals surface area contributed by atoms with E-state index in [1.807, 2.05) is 0 Å². The zero-order chi connectivity index (χ0) is 22.6. The molecule has 31 heavy (non-hydrogen) atoms. The molecule has 3 aromatic carbocycles. The van der Waals surface area contributed by atoms with Crippen molar-refractivity contribution in [1.29, 1.82) is 0 Å². The van der Waals surface area contributed by atoms with Gasteiger partial charge in [0.1, 0.15) is 0 Å². The number of aryl methyl sites for hydroxylation is 1. The van der Waals surface area contributed by atoms with Crippen molar-refractivity contribution in [3.8, 4) is 0 Å². The van der Waals surface area contributed by atoms with E-state index in [0.717, 1.165) is 18.4 Å². The van der Waals surface area contributed by atoms with Crippen LogP contribution in [-0.4, -0.2) is 16.8 Å². The summed E-state index contributed by atoms with van der Waals surface area (Å²) in [6, 6.07) is 16.4. The Hall–Kier alpha value is -2.26. The van der Waals surface area contributed by atoms with Crippen LogP contribution in [0.3, 0.4) is 0 Å². The fourth-order valence-corrected chi connectivity index (χ4v) is 5.22. The summed E-state index contributed by atoms with van der Waals surface area (Å²) in [6.07, 6.45) is 1.85. The third kappa shape index (κ3) is 5.92. The van der Waals surface area contributed by atoms with E-state index >= 15 is 0 Å². The first kappa shape index (κ1) is 23.4. The smallest absolute Gasteiger partial charge is 0.261 e. The van der Waals surface area contributed by atoms with E-state index < -0.39 is 20.0 Å². The molecule has 0 saturated carbocycles. The molecule has 0 fully saturated rings. The molecule has 0 atom stereocenters. The van der Waals surface area contributed by atoms with Crippen LogP contribution < -0.4 is 9.44 Å². The van der Waals surface area contributed by atoms with Gasteiger partial charge in [0.15, 0.2) is 0 Å². The van der Waals surface area contributed by atoms with E-state index in [0.29, 0.717) is 5.02 Å². The van der Waals surface area contributed by atoms with Crippen LogP contribution in [0.25, 0.3) is 0 Å². The Morgan fingerprint density at radius 2 is 1.16 bits per heavy atom. The van der Waals surface area contributed by atoms with Gasteiger partial charge in [-0.05, 0) is 66.6 Å². The maximum atomic E-state index is 12.6. The largest absolute Gasteiger partial charge is 0.280 e. The summed E-state index contributed by atoms with van der Waals surface area (Å²) in [6.45, 7) is 2.05. The van der Waals surface area contributed by atoms with Gasteiger partial charge < -0.3 is 0 Å². The van der Waals surface area contributed by atoms with Gasteiger partial charge in [-0.2, -0.15) is 0 Å². The van der Waals surface area contributed by atoms with E-state index in [-0.39, 0.29) is 26.2 Å².